The van der Waals surface area contributed by atoms with E-state index >= 15 is 0 Å². The van der Waals surface area contributed by atoms with Crippen LogP contribution in [0.4, 0.5) is 0 Å². The van der Waals surface area contributed by atoms with E-state index in [1.165, 1.54) is 0 Å². The molecule has 6 heteroatoms. The molecule has 1 radical (unpaired) electrons. The minimum atomic E-state index is -0.355. The summed E-state index contributed by atoms with van der Waals surface area (Å²) >= 11 is 0. The van der Waals surface area contributed by atoms with Crippen LogP contribution in [-0.2, 0) is 37.5 Å². The summed E-state index contributed by atoms with van der Waals surface area (Å²) < 4.78 is 0. The van der Waals surface area contributed by atoms with Crippen molar-refractivity contribution in [3.8, 4) is 0 Å². The molecule has 0 saturated heterocycles. The molecule has 1 unspecified atom stereocenters. The second kappa shape index (κ2) is 15.8. The van der Waals surface area contributed by atoms with Crippen molar-refractivity contribution in [2.24, 2.45) is 5.73 Å². The molecule has 0 bridgehead atoms. The monoisotopic (exact) mass is 325 g/mol. The quantitative estimate of drug-likeness (QED) is 0.319. The maximum absolute atomic E-state index is 11.3. The molecule has 1 amide bonds. The second-order valence-corrected chi connectivity index (χ2v) is 3.45. The van der Waals surface area contributed by atoms with Crippen LogP contribution in [0.2, 0.25) is 0 Å². The number of nitrogens with two attached hydrogens (primary N) is 1. The number of hydrogen-bond acceptors (Lipinski definition) is 2. The van der Waals surface area contributed by atoms with Gasteiger partial charge >= 0.3 is 0 Å². The smallest absolute Gasteiger partial charge is 0.236 e. The minimum Gasteiger partial charge on any atom is -1.00 e. The van der Waals surface area contributed by atoms with Gasteiger partial charge in [-0.2, -0.15) is 6.42 Å². The maximum Gasteiger partial charge on any atom is 0.236 e. The van der Waals surface area contributed by atoms with Crippen LogP contribution in [0.5, 0.6) is 0 Å². The number of quaternary nitrogens is 1. The van der Waals surface area contributed by atoms with E-state index < -0.39 is 0 Å². The Bertz CT molecular complexity index is 161. The first-order valence-electron chi connectivity index (χ1n) is 5.34. The average Bonchev–Trinajstić information content (AvgIpc) is 2.18. The number of carbonyl (C=O) groups excluding carboxylic acids is 1. The summed E-state index contributed by atoms with van der Waals surface area (Å²) in [6, 6.07) is -0.355. The molecule has 0 saturated carbocycles. The Labute approximate surface area is 130 Å². The van der Waals surface area contributed by atoms with Crippen molar-refractivity contribution in [2.75, 3.05) is 13.1 Å². The van der Waals surface area contributed by atoms with Gasteiger partial charge < -0.3 is 36.1 Å². The Kier molecular flexibility index (Phi) is 21.7. The van der Waals surface area contributed by atoms with Gasteiger partial charge in [-0.1, -0.05) is 6.42 Å². The summed E-state index contributed by atoms with van der Waals surface area (Å²) in [5.74, 6) is -0.0393. The largest absolute Gasteiger partial charge is 1.00 e. The number of hydrogen-bond donors (Lipinski definition) is 3. The predicted octanol–water partition coefficient (Wildman–Crippen LogP) is -3.54. The van der Waals surface area contributed by atoms with Gasteiger partial charge in [0.25, 0.3) is 0 Å². The van der Waals surface area contributed by atoms with Gasteiger partial charge in [0.2, 0.25) is 5.91 Å². The zero-order chi connectivity index (χ0) is 10.8. The third kappa shape index (κ3) is 12.9. The van der Waals surface area contributed by atoms with E-state index in [0.29, 0.717) is 6.54 Å². The molecule has 0 aliphatic rings. The summed E-state index contributed by atoms with van der Waals surface area (Å²) in [6.07, 6.45) is 4.54. The van der Waals surface area contributed by atoms with E-state index in [9.17, 15) is 4.79 Å². The Morgan fingerprint density at radius 3 is 2.50 bits per heavy atom. The Morgan fingerprint density at radius 2 is 2.00 bits per heavy atom. The number of nitrogens with one attached hydrogen (secondary N) is 1. The number of unbranched alkanes of at least 4 members (excludes halogenated alkanes) is 2. The van der Waals surface area contributed by atoms with Crippen LogP contribution in [0.1, 0.15) is 32.1 Å². The third-order valence-corrected chi connectivity index (χ3v) is 2.08. The summed E-state index contributed by atoms with van der Waals surface area (Å²) in [6.45, 7) is 5.30. The van der Waals surface area contributed by atoms with E-state index in [-0.39, 0.29) is 57.1 Å². The molecule has 0 aromatic carbocycles. The van der Waals surface area contributed by atoms with Crippen molar-refractivity contribution in [1.29, 1.82) is 0 Å². The molecule has 0 aliphatic carbocycles. The Morgan fingerprint density at radius 1 is 1.38 bits per heavy atom. The van der Waals surface area contributed by atoms with Gasteiger partial charge in [-0.3, -0.25) is 4.79 Å². The maximum atomic E-state index is 11.3. The summed E-state index contributed by atoms with van der Waals surface area (Å²) in [5.41, 5.74) is 9.43. The van der Waals surface area contributed by atoms with Crippen molar-refractivity contribution >= 4 is 5.91 Å². The molecule has 95 valence electrons. The molecule has 16 heavy (non-hydrogen) atoms. The van der Waals surface area contributed by atoms with Gasteiger partial charge in [0.05, 0.1) is 12.6 Å². The number of rotatable bonds is 8. The Balaban J connectivity index is -0.000000845. The molecule has 0 fully saturated rings. The fourth-order valence-corrected chi connectivity index (χ4v) is 1.14. The molecule has 4 nitrogen and oxygen atoms in total. The molecule has 0 aromatic heterocycles. The normalized spacial score (nSPS) is 10.9. The van der Waals surface area contributed by atoms with E-state index in [0.717, 1.165) is 38.6 Å². The van der Waals surface area contributed by atoms with Crippen molar-refractivity contribution in [3.63, 3.8) is 0 Å². The molecule has 0 aromatic rings. The van der Waals surface area contributed by atoms with Crippen LogP contribution in [0.15, 0.2) is 0 Å². The van der Waals surface area contributed by atoms with E-state index in [4.69, 9.17) is 5.73 Å². The summed E-state index contributed by atoms with van der Waals surface area (Å²) in [5, 5.41) is 2.79. The first-order valence-corrected chi connectivity index (χ1v) is 5.34. The van der Waals surface area contributed by atoms with Crippen LogP contribution in [0, 0.1) is 6.92 Å². The van der Waals surface area contributed by atoms with Crippen molar-refractivity contribution in [1.82, 2.24) is 5.32 Å². The molecular formula is C10H23ClN3OY-. The third-order valence-electron chi connectivity index (χ3n) is 2.08. The van der Waals surface area contributed by atoms with Crippen molar-refractivity contribution in [3.05, 3.63) is 6.92 Å². The van der Waals surface area contributed by atoms with Crippen LogP contribution >= 0.6 is 0 Å². The van der Waals surface area contributed by atoms with Crippen LogP contribution in [0.25, 0.3) is 0 Å². The minimum absolute atomic E-state index is 0. The number of amides is 1. The van der Waals surface area contributed by atoms with Gasteiger partial charge in [0, 0.05) is 39.3 Å². The molecular weight excluding hydrogens is 302 g/mol. The predicted molar refractivity (Wildman–Crippen MR) is 57.2 cm³/mol. The molecule has 0 aliphatic heterocycles. The average molecular weight is 326 g/mol. The van der Waals surface area contributed by atoms with Gasteiger partial charge in [0.15, 0.2) is 0 Å². The molecule has 1 atom stereocenters. The fraction of sp³-hybridized carbons (Fsp3) is 0.800. The van der Waals surface area contributed by atoms with Crippen molar-refractivity contribution < 1.29 is 55.6 Å². The molecule has 0 spiro atoms. The molecule has 0 heterocycles. The zero-order valence-electron chi connectivity index (χ0n) is 9.88. The van der Waals surface area contributed by atoms with Crippen LogP contribution in [-0.4, -0.2) is 25.0 Å². The summed E-state index contributed by atoms with van der Waals surface area (Å²) in [7, 11) is 0. The Hall–Kier alpha value is 0.784. The van der Waals surface area contributed by atoms with E-state index in [2.05, 4.69) is 18.0 Å². The van der Waals surface area contributed by atoms with Gasteiger partial charge in [-0.15, -0.1) is 0 Å². The van der Waals surface area contributed by atoms with Crippen molar-refractivity contribution in [2.45, 2.75) is 38.1 Å². The van der Waals surface area contributed by atoms with Gasteiger partial charge in [-0.05, 0) is 19.3 Å². The fourth-order valence-electron chi connectivity index (χ4n) is 1.14. The SMILES string of the molecule is [CH2-]CCCNC(=O)C(N)CCCC[NH3+].[Cl-].[Y]. The zero-order valence-corrected chi connectivity index (χ0v) is 13.5. The van der Waals surface area contributed by atoms with E-state index in [1.54, 1.807) is 0 Å². The van der Waals surface area contributed by atoms with Crippen LogP contribution in [0.3, 0.4) is 0 Å². The van der Waals surface area contributed by atoms with Gasteiger partial charge in [-0.25, -0.2) is 0 Å². The number of carbonyl (C=O) groups is 1. The molecule has 0 rings (SSSR count). The first-order chi connectivity index (χ1) is 6.72. The van der Waals surface area contributed by atoms with E-state index in [1.807, 2.05) is 0 Å². The first kappa shape index (κ1) is 22.0. The summed E-state index contributed by atoms with van der Waals surface area (Å²) in [4.78, 5) is 11.3. The molecule has 6 N–H and O–H groups in total. The topological polar surface area (TPSA) is 82.8 Å². The van der Waals surface area contributed by atoms with Gasteiger partial charge in [0.1, 0.15) is 0 Å². The second-order valence-electron chi connectivity index (χ2n) is 3.45. The number of halogens is 1. The van der Waals surface area contributed by atoms with Crippen LogP contribution < -0.4 is 29.2 Å². The standard InChI is InChI=1S/C10H22N3O.ClH.Y/c1-2-3-8-13-10(14)9(12)6-4-5-7-11;;/h9H,1-8,11-12H2,(H,13,14);1H;/q-1;;.